The van der Waals surface area contributed by atoms with E-state index < -0.39 is 0 Å². The molecule has 1 unspecified atom stereocenters. The number of hydrogen-bond donors (Lipinski definition) is 0. The van der Waals surface area contributed by atoms with E-state index in [0.717, 1.165) is 38.5 Å². The Balaban J connectivity index is 4.12. The van der Waals surface area contributed by atoms with Crippen LogP contribution in [0, 0.1) is 5.92 Å². The first kappa shape index (κ1) is 28.1. The van der Waals surface area contributed by atoms with Gasteiger partial charge < -0.3 is 4.74 Å². The molecule has 1 atom stereocenters. The zero-order valence-corrected chi connectivity index (χ0v) is 19.9. The van der Waals surface area contributed by atoms with Gasteiger partial charge in [-0.2, -0.15) is 0 Å². The molecular formula is C26H50O3. The van der Waals surface area contributed by atoms with Gasteiger partial charge in [-0.1, -0.05) is 124 Å². The molecular weight excluding hydrogens is 360 g/mol. The summed E-state index contributed by atoms with van der Waals surface area (Å²) in [5.41, 5.74) is 0. The molecule has 3 nitrogen and oxygen atoms in total. The number of ether oxygens (including phenoxy) is 1. The van der Waals surface area contributed by atoms with Gasteiger partial charge in [0.1, 0.15) is 0 Å². The summed E-state index contributed by atoms with van der Waals surface area (Å²) in [6, 6.07) is 0. The molecule has 0 bridgehead atoms. The maximum absolute atomic E-state index is 12.5. The number of esters is 2. The minimum Gasteiger partial charge on any atom is -0.393 e. The third kappa shape index (κ3) is 18.9. The van der Waals surface area contributed by atoms with Crippen molar-refractivity contribution in [2.45, 2.75) is 149 Å². The second kappa shape index (κ2) is 21.8. The van der Waals surface area contributed by atoms with Crippen molar-refractivity contribution in [3.63, 3.8) is 0 Å². The number of carbonyl (C=O) groups is 2. The molecule has 0 aromatic rings. The second-order valence-corrected chi connectivity index (χ2v) is 8.77. The van der Waals surface area contributed by atoms with Crippen LogP contribution in [-0.2, 0) is 14.3 Å². The molecule has 0 saturated carbocycles. The van der Waals surface area contributed by atoms with Crippen LogP contribution >= 0.6 is 0 Å². The molecule has 172 valence electrons. The molecule has 0 fully saturated rings. The molecule has 0 aliphatic rings. The molecule has 0 heterocycles. The fourth-order valence-electron chi connectivity index (χ4n) is 3.84. The number of rotatable bonds is 21. The van der Waals surface area contributed by atoms with Gasteiger partial charge in [0, 0.05) is 6.42 Å². The van der Waals surface area contributed by atoms with Crippen molar-refractivity contribution < 1.29 is 14.3 Å². The molecule has 0 amide bonds. The van der Waals surface area contributed by atoms with Gasteiger partial charge in [-0.3, -0.25) is 9.59 Å². The average Bonchev–Trinajstić information content (AvgIpc) is 2.71. The molecule has 0 rings (SSSR count). The van der Waals surface area contributed by atoms with Crippen molar-refractivity contribution in [3.05, 3.63) is 0 Å². The van der Waals surface area contributed by atoms with E-state index in [-0.39, 0.29) is 17.9 Å². The fraction of sp³-hybridized carbons (Fsp3) is 0.923. The Labute approximate surface area is 181 Å². The molecule has 0 radical (unpaired) electrons. The highest BCUT2D eigenvalue weighted by molar-refractivity contribution is 5.86. The lowest BCUT2D eigenvalue weighted by Gasteiger charge is -2.15. The monoisotopic (exact) mass is 410 g/mol. The van der Waals surface area contributed by atoms with Gasteiger partial charge >= 0.3 is 11.9 Å². The summed E-state index contributed by atoms with van der Waals surface area (Å²) in [5.74, 6) is -0.663. The second-order valence-electron chi connectivity index (χ2n) is 8.77. The van der Waals surface area contributed by atoms with Crippen LogP contribution < -0.4 is 0 Å². The highest BCUT2D eigenvalue weighted by atomic mass is 16.6. The first-order valence-electron chi connectivity index (χ1n) is 12.9. The SMILES string of the molecule is CCCCCCCCCC(=O)OC(=O)C(CCCCCC)CCCCCCCC. The predicted molar refractivity (Wildman–Crippen MR) is 124 cm³/mol. The van der Waals surface area contributed by atoms with Crippen molar-refractivity contribution in [2.24, 2.45) is 5.92 Å². The first-order chi connectivity index (χ1) is 14.2. The molecule has 0 spiro atoms. The van der Waals surface area contributed by atoms with Gasteiger partial charge in [0.25, 0.3) is 0 Å². The molecule has 0 aliphatic carbocycles. The van der Waals surface area contributed by atoms with Gasteiger partial charge in [-0.25, -0.2) is 0 Å². The van der Waals surface area contributed by atoms with Crippen molar-refractivity contribution >= 4 is 11.9 Å². The van der Waals surface area contributed by atoms with Gasteiger partial charge in [-0.15, -0.1) is 0 Å². The Kier molecular flexibility index (Phi) is 21.2. The number of hydrogen-bond acceptors (Lipinski definition) is 3. The summed E-state index contributed by atoms with van der Waals surface area (Å²) in [4.78, 5) is 24.6. The predicted octanol–water partition coefficient (Wildman–Crippen LogP) is 8.53. The quantitative estimate of drug-likeness (QED) is 0.108. The van der Waals surface area contributed by atoms with Crippen LogP contribution in [0.1, 0.15) is 149 Å². The van der Waals surface area contributed by atoms with Crippen molar-refractivity contribution in [1.82, 2.24) is 0 Å². The topological polar surface area (TPSA) is 43.4 Å². The van der Waals surface area contributed by atoms with Gasteiger partial charge in [-0.05, 0) is 19.3 Å². The standard InChI is InChI=1S/C26H50O3/c1-4-7-10-13-15-17-20-23-25(27)29-26(28)24(21-18-12-9-6-3)22-19-16-14-11-8-5-2/h24H,4-23H2,1-3H3. The molecule has 0 aromatic heterocycles. The van der Waals surface area contributed by atoms with E-state index in [0.29, 0.717) is 6.42 Å². The zero-order chi connectivity index (χ0) is 21.6. The molecule has 0 saturated heterocycles. The van der Waals surface area contributed by atoms with E-state index in [1.165, 1.54) is 83.5 Å². The van der Waals surface area contributed by atoms with Gasteiger partial charge in [0.15, 0.2) is 0 Å². The highest BCUT2D eigenvalue weighted by Gasteiger charge is 2.22. The maximum Gasteiger partial charge on any atom is 0.316 e. The maximum atomic E-state index is 12.5. The Morgan fingerprint density at radius 3 is 1.41 bits per heavy atom. The Hall–Kier alpha value is -0.860. The molecule has 0 N–H and O–H groups in total. The smallest absolute Gasteiger partial charge is 0.316 e. The Morgan fingerprint density at radius 1 is 0.552 bits per heavy atom. The normalized spacial score (nSPS) is 12.1. The first-order valence-corrected chi connectivity index (χ1v) is 12.9. The zero-order valence-electron chi connectivity index (χ0n) is 19.9. The Morgan fingerprint density at radius 2 is 0.931 bits per heavy atom. The minimum absolute atomic E-state index is 0.0870. The summed E-state index contributed by atoms with van der Waals surface area (Å²) in [6.07, 6.45) is 22.3. The minimum atomic E-state index is -0.315. The largest absolute Gasteiger partial charge is 0.393 e. The lowest BCUT2D eigenvalue weighted by molar-refractivity contribution is -0.163. The van der Waals surface area contributed by atoms with Crippen molar-refractivity contribution in [1.29, 1.82) is 0 Å². The van der Waals surface area contributed by atoms with E-state index >= 15 is 0 Å². The van der Waals surface area contributed by atoms with Crippen molar-refractivity contribution in [3.8, 4) is 0 Å². The van der Waals surface area contributed by atoms with E-state index in [1.54, 1.807) is 0 Å². The third-order valence-electron chi connectivity index (χ3n) is 5.84. The molecule has 29 heavy (non-hydrogen) atoms. The summed E-state index contributed by atoms with van der Waals surface area (Å²) in [6.45, 7) is 6.65. The Bertz CT molecular complexity index is 378. The summed E-state index contributed by atoms with van der Waals surface area (Å²) in [5, 5.41) is 0. The lowest BCUT2D eigenvalue weighted by atomic mass is 9.94. The van der Waals surface area contributed by atoms with Crippen LogP contribution in [0.2, 0.25) is 0 Å². The van der Waals surface area contributed by atoms with E-state index in [1.807, 2.05) is 0 Å². The van der Waals surface area contributed by atoms with Crippen LogP contribution in [0.3, 0.4) is 0 Å². The number of unbranched alkanes of at least 4 members (excludes halogenated alkanes) is 14. The molecule has 0 aliphatic heterocycles. The van der Waals surface area contributed by atoms with E-state index in [2.05, 4.69) is 20.8 Å². The van der Waals surface area contributed by atoms with Gasteiger partial charge in [0.2, 0.25) is 0 Å². The summed E-state index contributed by atoms with van der Waals surface area (Å²) < 4.78 is 5.23. The van der Waals surface area contributed by atoms with Crippen LogP contribution in [0.25, 0.3) is 0 Å². The lowest BCUT2D eigenvalue weighted by Crippen LogP contribution is -2.21. The highest BCUT2D eigenvalue weighted by Crippen LogP contribution is 2.21. The van der Waals surface area contributed by atoms with E-state index in [9.17, 15) is 9.59 Å². The number of carbonyl (C=O) groups excluding carboxylic acids is 2. The summed E-state index contributed by atoms with van der Waals surface area (Å²) >= 11 is 0. The van der Waals surface area contributed by atoms with Crippen molar-refractivity contribution in [2.75, 3.05) is 0 Å². The fourth-order valence-corrected chi connectivity index (χ4v) is 3.84. The van der Waals surface area contributed by atoms with Crippen LogP contribution in [0.4, 0.5) is 0 Å². The van der Waals surface area contributed by atoms with Crippen LogP contribution in [-0.4, -0.2) is 11.9 Å². The average molecular weight is 411 g/mol. The summed E-state index contributed by atoms with van der Waals surface area (Å²) in [7, 11) is 0. The van der Waals surface area contributed by atoms with Crippen LogP contribution in [0.5, 0.6) is 0 Å². The third-order valence-corrected chi connectivity index (χ3v) is 5.84. The molecule has 0 aromatic carbocycles. The van der Waals surface area contributed by atoms with E-state index in [4.69, 9.17) is 4.74 Å². The van der Waals surface area contributed by atoms with Gasteiger partial charge in [0.05, 0.1) is 5.92 Å². The van der Waals surface area contributed by atoms with Crippen LogP contribution in [0.15, 0.2) is 0 Å². The molecule has 3 heteroatoms.